The normalized spacial score (nSPS) is 33.5. The molecule has 2 aliphatic heterocycles. The van der Waals surface area contributed by atoms with Crippen LogP contribution in [0.4, 0.5) is 0 Å². The van der Waals surface area contributed by atoms with Gasteiger partial charge < -0.3 is 5.32 Å². The molecule has 7 nitrogen and oxygen atoms in total. The van der Waals surface area contributed by atoms with Gasteiger partial charge in [-0.2, -0.15) is 12.7 Å². The molecule has 1 unspecified atom stereocenters. The Kier molecular flexibility index (Phi) is 1.99. The standard InChI is InChI=1S/C5H10N4O3S/c10-5-4-3-6-1-2-9(4)13(11,12)8-7-5/h4,6,8H,1-3H2,(H,7,10). The summed E-state index contributed by atoms with van der Waals surface area (Å²) in [6.45, 7) is 1.27. The summed E-state index contributed by atoms with van der Waals surface area (Å²) in [5.74, 6) is -0.318. The summed E-state index contributed by atoms with van der Waals surface area (Å²) >= 11 is 0. The van der Waals surface area contributed by atoms with Crippen LogP contribution in [0.3, 0.4) is 0 Å². The molecule has 2 fully saturated rings. The quantitative estimate of drug-likeness (QED) is 0.397. The van der Waals surface area contributed by atoms with Crippen LogP contribution in [0.2, 0.25) is 0 Å². The van der Waals surface area contributed by atoms with Crippen LogP contribution in [0.5, 0.6) is 0 Å². The Bertz CT molecular complexity index is 327. The molecule has 0 saturated carbocycles. The first-order valence-corrected chi connectivity index (χ1v) is 5.34. The minimum absolute atomic E-state index is 0.318. The van der Waals surface area contributed by atoms with Crippen molar-refractivity contribution in [2.24, 2.45) is 0 Å². The van der Waals surface area contributed by atoms with Gasteiger partial charge in [-0.1, -0.05) is 0 Å². The highest BCUT2D eigenvalue weighted by atomic mass is 32.2. The van der Waals surface area contributed by atoms with Crippen LogP contribution in [-0.2, 0) is 15.0 Å². The Balaban J connectivity index is 2.30. The summed E-state index contributed by atoms with van der Waals surface area (Å²) in [6, 6.07) is -0.611. The number of hydrogen-bond donors (Lipinski definition) is 3. The molecule has 3 N–H and O–H groups in total. The van der Waals surface area contributed by atoms with Crippen molar-refractivity contribution in [3.8, 4) is 0 Å². The van der Waals surface area contributed by atoms with Crippen molar-refractivity contribution in [1.82, 2.24) is 19.9 Å². The van der Waals surface area contributed by atoms with E-state index in [1.54, 1.807) is 0 Å². The van der Waals surface area contributed by atoms with Gasteiger partial charge in [0.15, 0.2) is 0 Å². The van der Waals surface area contributed by atoms with Crippen LogP contribution in [0.15, 0.2) is 0 Å². The largest absolute Gasteiger partial charge is 0.313 e. The molecule has 8 heteroatoms. The minimum Gasteiger partial charge on any atom is -0.313 e. The Hall–Kier alpha value is -0.700. The second-order valence-corrected chi connectivity index (χ2v) is 4.55. The molecule has 2 rings (SSSR count). The molecule has 0 radical (unpaired) electrons. The van der Waals surface area contributed by atoms with E-state index in [9.17, 15) is 13.2 Å². The predicted molar refractivity (Wildman–Crippen MR) is 43.6 cm³/mol. The van der Waals surface area contributed by atoms with Crippen LogP contribution < -0.4 is 15.6 Å². The van der Waals surface area contributed by atoms with Gasteiger partial charge in [0.1, 0.15) is 6.04 Å². The zero-order valence-electron chi connectivity index (χ0n) is 6.78. The van der Waals surface area contributed by atoms with Crippen LogP contribution in [-0.4, -0.2) is 44.3 Å². The second-order valence-electron chi connectivity index (χ2n) is 2.93. The number of rotatable bonds is 0. The molecule has 2 aliphatic rings. The molecule has 2 saturated heterocycles. The first-order valence-electron chi connectivity index (χ1n) is 3.90. The molecule has 1 amide bonds. The van der Waals surface area contributed by atoms with Crippen molar-refractivity contribution in [3.05, 3.63) is 0 Å². The third kappa shape index (κ3) is 1.41. The van der Waals surface area contributed by atoms with Gasteiger partial charge >= 0.3 is 0 Å². The van der Waals surface area contributed by atoms with E-state index in [1.807, 2.05) is 4.83 Å². The van der Waals surface area contributed by atoms with Crippen molar-refractivity contribution in [1.29, 1.82) is 0 Å². The van der Waals surface area contributed by atoms with Gasteiger partial charge in [-0.25, -0.2) is 0 Å². The number of piperazine rings is 1. The van der Waals surface area contributed by atoms with Crippen molar-refractivity contribution in [2.75, 3.05) is 19.6 Å². The third-order valence-corrected chi connectivity index (χ3v) is 3.52. The number of nitrogens with one attached hydrogen (secondary N) is 3. The highest BCUT2D eigenvalue weighted by molar-refractivity contribution is 7.87. The van der Waals surface area contributed by atoms with Crippen molar-refractivity contribution in [2.45, 2.75) is 6.04 Å². The maximum absolute atomic E-state index is 11.3. The lowest BCUT2D eigenvalue weighted by molar-refractivity contribution is -0.126. The number of nitrogens with zero attached hydrogens (tertiary/aromatic N) is 1. The summed E-state index contributed by atoms with van der Waals surface area (Å²) in [6.07, 6.45) is 0. The van der Waals surface area contributed by atoms with Gasteiger partial charge in [-0.3, -0.25) is 10.2 Å². The first-order chi connectivity index (χ1) is 6.11. The summed E-state index contributed by atoms with van der Waals surface area (Å²) in [7, 11) is -3.51. The summed E-state index contributed by atoms with van der Waals surface area (Å²) in [4.78, 5) is 13.2. The summed E-state index contributed by atoms with van der Waals surface area (Å²) in [5, 5.41) is 2.96. The number of carbonyl (C=O) groups is 1. The van der Waals surface area contributed by atoms with Crippen molar-refractivity contribution < 1.29 is 13.2 Å². The van der Waals surface area contributed by atoms with E-state index in [2.05, 4.69) is 10.7 Å². The fraction of sp³-hybridized carbons (Fsp3) is 0.800. The van der Waals surface area contributed by atoms with E-state index >= 15 is 0 Å². The topological polar surface area (TPSA) is 90.5 Å². The molecular formula is C5H10N4O3S. The van der Waals surface area contributed by atoms with Crippen LogP contribution in [0.25, 0.3) is 0 Å². The fourth-order valence-corrected chi connectivity index (χ4v) is 2.64. The van der Waals surface area contributed by atoms with E-state index in [1.165, 1.54) is 4.31 Å². The van der Waals surface area contributed by atoms with Crippen molar-refractivity contribution in [3.63, 3.8) is 0 Å². The second kappa shape index (κ2) is 2.91. The number of amides is 1. The maximum Gasteiger partial charge on any atom is 0.297 e. The Morgan fingerprint density at radius 2 is 2.23 bits per heavy atom. The van der Waals surface area contributed by atoms with E-state index < -0.39 is 16.3 Å². The minimum atomic E-state index is -3.51. The molecule has 74 valence electrons. The van der Waals surface area contributed by atoms with E-state index in [0.717, 1.165) is 0 Å². The van der Waals surface area contributed by atoms with Gasteiger partial charge in [0, 0.05) is 19.6 Å². The molecule has 13 heavy (non-hydrogen) atoms. The Labute approximate surface area is 75.6 Å². The van der Waals surface area contributed by atoms with Gasteiger partial charge in [0.25, 0.3) is 16.1 Å². The predicted octanol–water partition coefficient (Wildman–Crippen LogP) is -2.86. The Morgan fingerprint density at radius 3 is 2.92 bits per heavy atom. The summed E-state index contributed by atoms with van der Waals surface area (Å²) in [5.41, 5.74) is 2.11. The average Bonchev–Trinajstić information content (AvgIpc) is 2.13. The SMILES string of the molecule is O=C1NNS(=O)(=O)N2CCNCC12. The van der Waals surface area contributed by atoms with Gasteiger partial charge in [0.05, 0.1) is 0 Å². The number of carbonyl (C=O) groups excluding carboxylic acids is 1. The zero-order chi connectivity index (χ0) is 9.47. The average molecular weight is 206 g/mol. The molecular weight excluding hydrogens is 196 g/mol. The molecule has 0 bridgehead atoms. The van der Waals surface area contributed by atoms with Gasteiger partial charge in [-0.15, -0.1) is 4.83 Å². The third-order valence-electron chi connectivity index (χ3n) is 2.11. The lowest BCUT2D eigenvalue weighted by Crippen LogP contribution is -2.69. The molecule has 1 atom stereocenters. The van der Waals surface area contributed by atoms with Crippen LogP contribution >= 0.6 is 0 Å². The molecule has 2 heterocycles. The van der Waals surface area contributed by atoms with Gasteiger partial charge in [0.2, 0.25) is 0 Å². The maximum atomic E-state index is 11.3. The molecule has 0 aromatic carbocycles. The Morgan fingerprint density at radius 1 is 1.46 bits per heavy atom. The number of hydrazine groups is 1. The van der Waals surface area contributed by atoms with E-state index in [-0.39, 0.29) is 5.91 Å². The smallest absolute Gasteiger partial charge is 0.297 e. The first kappa shape index (κ1) is 8.88. The van der Waals surface area contributed by atoms with Crippen LogP contribution in [0.1, 0.15) is 0 Å². The van der Waals surface area contributed by atoms with Crippen molar-refractivity contribution >= 4 is 16.1 Å². The molecule has 0 aliphatic carbocycles. The number of hydrogen-bond acceptors (Lipinski definition) is 4. The van der Waals surface area contributed by atoms with E-state index in [4.69, 9.17) is 0 Å². The lowest BCUT2D eigenvalue weighted by Gasteiger charge is -2.37. The zero-order valence-corrected chi connectivity index (χ0v) is 7.60. The monoisotopic (exact) mass is 206 g/mol. The van der Waals surface area contributed by atoms with E-state index in [0.29, 0.717) is 19.6 Å². The molecule has 0 aromatic rings. The molecule has 0 aromatic heterocycles. The fourth-order valence-electron chi connectivity index (χ4n) is 1.45. The number of fused-ring (bicyclic) bond motifs is 1. The lowest BCUT2D eigenvalue weighted by atomic mass is 10.2. The highest BCUT2D eigenvalue weighted by Crippen LogP contribution is 2.10. The van der Waals surface area contributed by atoms with Gasteiger partial charge in [-0.05, 0) is 0 Å². The van der Waals surface area contributed by atoms with Crippen LogP contribution in [0, 0.1) is 0 Å². The highest BCUT2D eigenvalue weighted by Gasteiger charge is 2.40. The summed E-state index contributed by atoms with van der Waals surface area (Å²) < 4.78 is 23.8. The molecule has 0 spiro atoms.